The van der Waals surface area contributed by atoms with Crippen LogP contribution in [0.3, 0.4) is 0 Å². The number of fused-ring (bicyclic) bond motifs is 3. The van der Waals surface area contributed by atoms with Gasteiger partial charge in [0.25, 0.3) is 0 Å². The van der Waals surface area contributed by atoms with E-state index in [0.29, 0.717) is 12.3 Å². The van der Waals surface area contributed by atoms with Crippen molar-refractivity contribution in [3.63, 3.8) is 0 Å². The molecule has 136 valence electrons. The normalized spacial score (nSPS) is 24.3. The van der Waals surface area contributed by atoms with Gasteiger partial charge in [0, 0.05) is 12.2 Å². The molecule has 5 rings (SSSR count). The molecular formula is C21H23FN2O2. The average Bonchev–Trinajstić information content (AvgIpc) is 2.66. The number of piperidine rings is 3. The van der Waals surface area contributed by atoms with Crippen molar-refractivity contribution in [1.29, 1.82) is 0 Å². The van der Waals surface area contributed by atoms with Gasteiger partial charge in [0.05, 0.1) is 0 Å². The second kappa shape index (κ2) is 7.46. The van der Waals surface area contributed by atoms with Gasteiger partial charge < -0.3 is 4.74 Å². The fraction of sp³-hybridized carbons (Fsp3) is 0.381. The van der Waals surface area contributed by atoms with Crippen molar-refractivity contribution in [2.45, 2.75) is 25.4 Å². The number of para-hydroxylation sites is 1. The van der Waals surface area contributed by atoms with E-state index in [1.807, 2.05) is 24.3 Å². The van der Waals surface area contributed by atoms with Gasteiger partial charge in [0.2, 0.25) is 0 Å². The predicted molar refractivity (Wildman–Crippen MR) is 98.7 cm³/mol. The van der Waals surface area contributed by atoms with Crippen LogP contribution in [0.2, 0.25) is 0 Å². The zero-order valence-corrected chi connectivity index (χ0v) is 14.7. The van der Waals surface area contributed by atoms with Crippen LogP contribution in [0.5, 0.6) is 0 Å². The number of hydrogen-bond donors (Lipinski definition) is 1. The molecule has 2 aromatic rings. The first kappa shape index (κ1) is 17.0. The Balaban J connectivity index is 1.41. The van der Waals surface area contributed by atoms with E-state index in [2.05, 4.69) is 10.2 Å². The molecule has 1 N–H and O–H groups in total. The second-order valence-electron chi connectivity index (χ2n) is 7.17. The van der Waals surface area contributed by atoms with E-state index >= 15 is 0 Å². The smallest absolute Gasteiger partial charge is 0.411 e. The number of nitrogens with one attached hydrogen (secondary N) is 1. The Bertz CT molecular complexity index is 770. The number of nitrogens with zero attached hydrogens (tertiary/aromatic N) is 1. The van der Waals surface area contributed by atoms with Crippen molar-refractivity contribution >= 4 is 11.8 Å². The van der Waals surface area contributed by atoms with E-state index in [1.54, 1.807) is 12.1 Å². The molecule has 3 aliphatic heterocycles. The number of carbonyl (C=O) groups is 1. The van der Waals surface area contributed by atoms with Crippen molar-refractivity contribution in [1.82, 2.24) is 4.90 Å². The van der Waals surface area contributed by atoms with Crippen LogP contribution in [0, 0.1) is 11.7 Å². The summed E-state index contributed by atoms with van der Waals surface area (Å²) < 4.78 is 18.8. The van der Waals surface area contributed by atoms with Crippen molar-refractivity contribution in [3.8, 4) is 0 Å². The molecule has 3 fully saturated rings. The summed E-state index contributed by atoms with van der Waals surface area (Å²) in [5.74, 6) is 0.237. The molecule has 0 spiro atoms. The van der Waals surface area contributed by atoms with Gasteiger partial charge in [-0.1, -0.05) is 30.3 Å². The summed E-state index contributed by atoms with van der Waals surface area (Å²) in [7, 11) is 0. The fourth-order valence-corrected chi connectivity index (χ4v) is 3.94. The Morgan fingerprint density at radius 1 is 1.12 bits per heavy atom. The number of amides is 1. The quantitative estimate of drug-likeness (QED) is 0.900. The van der Waals surface area contributed by atoms with E-state index in [9.17, 15) is 9.18 Å². The third kappa shape index (κ3) is 3.88. The summed E-state index contributed by atoms with van der Waals surface area (Å²) in [6, 6.07) is 14.1. The van der Waals surface area contributed by atoms with Crippen molar-refractivity contribution in [3.05, 3.63) is 65.5 Å². The van der Waals surface area contributed by atoms with Gasteiger partial charge in [-0.3, -0.25) is 10.2 Å². The summed E-state index contributed by atoms with van der Waals surface area (Å²) in [5, 5.41) is 2.90. The molecule has 1 atom stereocenters. The molecule has 3 saturated heterocycles. The van der Waals surface area contributed by atoms with Crippen molar-refractivity contribution in [2.24, 2.45) is 5.92 Å². The maximum atomic E-state index is 13.1. The average molecular weight is 354 g/mol. The summed E-state index contributed by atoms with van der Waals surface area (Å²) in [6.45, 7) is 3.08. The Morgan fingerprint density at radius 3 is 2.54 bits per heavy atom. The van der Waals surface area contributed by atoms with E-state index in [-0.39, 0.29) is 11.9 Å². The summed E-state index contributed by atoms with van der Waals surface area (Å²) in [6.07, 6.45) is 2.44. The summed E-state index contributed by atoms with van der Waals surface area (Å²) in [4.78, 5) is 14.8. The molecular weight excluding hydrogens is 331 g/mol. The van der Waals surface area contributed by atoms with Crippen LogP contribution in [-0.4, -0.2) is 36.7 Å². The van der Waals surface area contributed by atoms with Crippen LogP contribution < -0.4 is 5.32 Å². The molecule has 0 aromatic heterocycles. The minimum atomic E-state index is -0.393. The molecule has 26 heavy (non-hydrogen) atoms. The zero-order chi connectivity index (χ0) is 17.9. The highest BCUT2D eigenvalue weighted by atomic mass is 19.1. The third-order valence-electron chi connectivity index (χ3n) is 5.42. The Labute approximate surface area is 153 Å². The highest BCUT2D eigenvalue weighted by molar-refractivity contribution is 5.85. The van der Waals surface area contributed by atoms with E-state index in [4.69, 9.17) is 4.74 Å². The van der Waals surface area contributed by atoms with Gasteiger partial charge in [-0.2, -0.15) is 0 Å². The largest absolute Gasteiger partial charge is 0.444 e. The number of ether oxygens (including phenoxy) is 1. The third-order valence-corrected chi connectivity index (χ3v) is 5.42. The number of halogens is 1. The van der Waals surface area contributed by atoms with E-state index in [0.717, 1.165) is 49.3 Å². The highest BCUT2D eigenvalue weighted by Crippen LogP contribution is 2.30. The Kier molecular flexibility index (Phi) is 4.89. The summed E-state index contributed by atoms with van der Waals surface area (Å²) >= 11 is 0. The molecule has 4 nitrogen and oxygen atoms in total. The molecule has 2 bridgehead atoms. The van der Waals surface area contributed by atoms with E-state index < -0.39 is 6.09 Å². The van der Waals surface area contributed by atoms with Crippen LogP contribution in [0.1, 0.15) is 24.0 Å². The lowest BCUT2D eigenvalue weighted by molar-refractivity contribution is -0.0289. The first-order valence-corrected chi connectivity index (χ1v) is 9.20. The van der Waals surface area contributed by atoms with Gasteiger partial charge in [-0.05, 0) is 67.6 Å². The SMILES string of the molecule is O=C(Nc1ccccc1Cc1ccc(F)cc1)OC1CN2CCC1CC2. The molecule has 1 unspecified atom stereocenters. The number of benzene rings is 2. The molecule has 3 aliphatic rings. The van der Waals surface area contributed by atoms with Gasteiger partial charge >= 0.3 is 6.09 Å². The van der Waals surface area contributed by atoms with Gasteiger partial charge in [0.15, 0.2) is 0 Å². The minimum absolute atomic E-state index is 0.0123. The molecule has 0 saturated carbocycles. The summed E-state index contributed by atoms with van der Waals surface area (Å²) in [5.41, 5.74) is 2.71. The fourth-order valence-electron chi connectivity index (χ4n) is 3.94. The van der Waals surface area contributed by atoms with Crippen LogP contribution in [-0.2, 0) is 11.2 Å². The molecule has 3 heterocycles. The lowest BCUT2D eigenvalue weighted by atomic mass is 9.86. The van der Waals surface area contributed by atoms with Crippen LogP contribution in [0.4, 0.5) is 14.9 Å². The molecule has 1 amide bonds. The van der Waals surface area contributed by atoms with Gasteiger partial charge in [0.1, 0.15) is 11.9 Å². The molecule has 2 aromatic carbocycles. The first-order valence-electron chi connectivity index (χ1n) is 9.20. The maximum absolute atomic E-state index is 13.1. The van der Waals surface area contributed by atoms with Gasteiger partial charge in [-0.25, -0.2) is 9.18 Å². The van der Waals surface area contributed by atoms with Gasteiger partial charge in [-0.15, -0.1) is 0 Å². The number of rotatable bonds is 4. The topological polar surface area (TPSA) is 41.6 Å². The minimum Gasteiger partial charge on any atom is -0.444 e. The second-order valence-corrected chi connectivity index (χ2v) is 7.17. The molecule has 0 radical (unpaired) electrons. The van der Waals surface area contributed by atoms with E-state index in [1.165, 1.54) is 12.1 Å². The first-order chi connectivity index (χ1) is 12.7. The maximum Gasteiger partial charge on any atom is 0.411 e. The lowest BCUT2D eigenvalue weighted by Gasteiger charge is -2.43. The standard InChI is InChI=1S/C21H23FN2O2/c22-18-7-5-15(6-8-18)13-17-3-1-2-4-19(17)23-21(25)26-20-14-24-11-9-16(20)10-12-24/h1-8,16,20H,9-14H2,(H,23,25). The Morgan fingerprint density at radius 2 is 1.85 bits per heavy atom. The molecule has 0 aliphatic carbocycles. The lowest BCUT2D eigenvalue weighted by Crippen LogP contribution is -2.52. The van der Waals surface area contributed by atoms with Crippen molar-refractivity contribution < 1.29 is 13.9 Å². The monoisotopic (exact) mass is 354 g/mol. The predicted octanol–water partition coefficient (Wildman–Crippen LogP) is 4.06. The number of carbonyl (C=O) groups excluding carboxylic acids is 1. The highest BCUT2D eigenvalue weighted by Gasteiger charge is 2.36. The van der Waals surface area contributed by atoms with Crippen LogP contribution in [0.25, 0.3) is 0 Å². The zero-order valence-electron chi connectivity index (χ0n) is 14.7. The Hall–Kier alpha value is -2.40. The van der Waals surface area contributed by atoms with Crippen molar-refractivity contribution in [2.75, 3.05) is 25.0 Å². The molecule has 5 heteroatoms. The number of anilines is 1. The number of hydrogen-bond acceptors (Lipinski definition) is 3. The van der Waals surface area contributed by atoms with Crippen LogP contribution >= 0.6 is 0 Å². The van der Waals surface area contributed by atoms with Crippen LogP contribution in [0.15, 0.2) is 48.5 Å².